The van der Waals surface area contributed by atoms with E-state index in [4.69, 9.17) is 4.74 Å². The third-order valence-electron chi connectivity index (χ3n) is 6.52. The average Bonchev–Trinajstić information content (AvgIpc) is 3.29. The molecule has 1 unspecified atom stereocenters. The monoisotopic (exact) mass is 551 g/mol. The highest BCUT2D eigenvalue weighted by Gasteiger charge is 2.31. The zero-order chi connectivity index (χ0) is 27.9. The van der Waals surface area contributed by atoms with Gasteiger partial charge in [0.05, 0.1) is 5.25 Å². The predicted molar refractivity (Wildman–Crippen MR) is 158 cm³/mol. The summed E-state index contributed by atoms with van der Waals surface area (Å²) in [6, 6.07) is 33.1. The Labute approximate surface area is 237 Å². The van der Waals surface area contributed by atoms with Crippen molar-refractivity contribution < 1.29 is 19.1 Å². The van der Waals surface area contributed by atoms with Gasteiger partial charge in [0, 0.05) is 19.3 Å². The molecular weight excluding hydrogens is 522 g/mol. The molecule has 4 amide bonds. The SMILES string of the molecule is CN(Cc1cccc(-c2ccc(CC3SC(=O)NC3=O)cc2)c1)C(=O)Nc1ccc(OCc2ccccc2)cc1. The first-order valence-electron chi connectivity index (χ1n) is 12.9. The van der Waals surface area contributed by atoms with Gasteiger partial charge < -0.3 is 15.0 Å². The first kappa shape index (κ1) is 27.0. The summed E-state index contributed by atoms with van der Waals surface area (Å²) in [5.41, 5.74) is 5.85. The minimum Gasteiger partial charge on any atom is -0.489 e. The maximum Gasteiger partial charge on any atom is 0.321 e. The summed E-state index contributed by atoms with van der Waals surface area (Å²) < 4.78 is 5.82. The zero-order valence-electron chi connectivity index (χ0n) is 22.0. The molecule has 2 N–H and O–H groups in total. The van der Waals surface area contributed by atoms with Crippen molar-refractivity contribution >= 4 is 34.6 Å². The quantitative estimate of drug-likeness (QED) is 0.248. The van der Waals surface area contributed by atoms with Crippen molar-refractivity contribution in [3.63, 3.8) is 0 Å². The molecule has 5 rings (SSSR count). The number of rotatable bonds is 9. The van der Waals surface area contributed by atoms with Crippen molar-refractivity contribution in [2.24, 2.45) is 0 Å². The van der Waals surface area contributed by atoms with E-state index in [1.165, 1.54) is 0 Å². The van der Waals surface area contributed by atoms with Crippen LogP contribution in [0.4, 0.5) is 15.3 Å². The Hall–Kier alpha value is -4.56. The lowest BCUT2D eigenvalue weighted by molar-refractivity contribution is -0.118. The fraction of sp³-hybridized carbons (Fsp3) is 0.156. The van der Waals surface area contributed by atoms with Gasteiger partial charge in [0.2, 0.25) is 5.91 Å². The number of hydrogen-bond acceptors (Lipinski definition) is 5. The van der Waals surface area contributed by atoms with Gasteiger partial charge in [-0.25, -0.2) is 4.79 Å². The number of urea groups is 1. The van der Waals surface area contributed by atoms with Crippen molar-refractivity contribution in [3.8, 4) is 16.9 Å². The Bertz CT molecular complexity index is 1490. The van der Waals surface area contributed by atoms with Gasteiger partial charge in [-0.15, -0.1) is 0 Å². The van der Waals surface area contributed by atoms with Crippen LogP contribution in [0.3, 0.4) is 0 Å². The molecule has 0 bridgehead atoms. The van der Waals surface area contributed by atoms with E-state index in [0.29, 0.717) is 25.3 Å². The van der Waals surface area contributed by atoms with Crippen molar-refractivity contribution in [2.75, 3.05) is 12.4 Å². The van der Waals surface area contributed by atoms with Crippen LogP contribution in [0.2, 0.25) is 0 Å². The molecule has 202 valence electrons. The van der Waals surface area contributed by atoms with Crippen molar-refractivity contribution in [1.29, 1.82) is 0 Å². The highest BCUT2D eigenvalue weighted by atomic mass is 32.2. The molecule has 1 aliphatic heterocycles. The highest BCUT2D eigenvalue weighted by Crippen LogP contribution is 2.26. The number of carbonyl (C=O) groups is 3. The van der Waals surface area contributed by atoms with Gasteiger partial charge in [0.15, 0.2) is 0 Å². The first-order valence-corrected chi connectivity index (χ1v) is 13.8. The van der Waals surface area contributed by atoms with Gasteiger partial charge in [-0.1, -0.05) is 84.6 Å². The van der Waals surface area contributed by atoms with Crippen LogP contribution in [0.25, 0.3) is 11.1 Å². The Morgan fingerprint density at radius 2 is 1.57 bits per heavy atom. The van der Waals surface area contributed by atoms with E-state index in [-0.39, 0.29) is 22.4 Å². The second kappa shape index (κ2) is 12.5. The fourth-order valence-electron chi connectivity index (χ4n) is 4.36. The molecule has 8 heteroatoms. The lowest BCUT2D eigenvalue weighted by Gasteiger charge is -2.19. The normalized spacial score (nSPS) is 14.5. The van der Waals surface area contributed by atoms with Gasteiger partial charge in [-0.05, 0) is 64.6 Å². The van der Waals surface area contributed by atoms with E-state index in [1.54, 1.807) is 11.9 Å². The van der Waals surface area contributed by atoms with Gasteiger partial charge in [0.1, 0.15) is 12.4 Å². The third-order valence-corrected chi connectivity index (χ3v) is 7.50. The van der Waals surface area contributed by atoms with E-state index in [9.17, 15) is 14.4 Å². The molecule has 0 aromatic heterocycles. The minimum atomic E-state index is -0.380. The van der Waals surface area contributed by atoms with Crippen LogP contribution < -0.4 is 15.4 Å². The van der Waals surface area contributed by atoms with Crippen LogP contribution in [-0.2, 0) is 24.4 Å². The number of hydrogen-bond donors (Lipinski definition) is 2. The Kier molecular flexibility index (Phi) is 8.47. The van der Waals surface area contributed by atoms with E-state index in [0.717, 1.165) is 45.3 Å². The van der Waals surface area contributed by atoms with Crippen LogP contribution in [0.5, 0.6) is 5.75 Å². The predicted octanol–water partition coefficient (Wildman–Crippen LogP) is 6.49. The number of imide groups is 1. The summed E-state index contributed by atoms with van der Waals surface area (Å²) in [5, 5.41) is 4.59. The number of anilines is 1. The summed E-state index contributed by atoms with van der Waals surface area (Å²) in [6.07, 6.45) is 0.506. The summed E-state index contributed by atoms with van der Waals surface area (Å²) in [6.45, 7) is 0.928. The highest BCUT2D eigenvalue weighted by molar-refractivity contribution is 8.15. The average molecular weight is 552 g/mol. The number of amides is 4. The fourth-order valence-corrected chi connectivity index (χ4v) is 5.22. The molecule has 7 nitrogen and oxygen atoms in total. The molecule has 1 aliphatic rings. The molecule has 0 aliphatic carbocycles. The molecule has 40 heavy (non-hydrogen) atoms. The number of thioether (sulfide) groups is 1. The van der Waals surface area contributed by atoms with E-state index < -0.39 is 0 Å². The lowest BCUT2D eigenvalue weighted by Crippen LogP contribution is -2.30. The number of ether oxygens (including phenoxy) is 1. The molecule has 4 aromatic carbocycles. The number of nitrogens with one attached hydrogen (secondary N) is 2. The van der Waals surface area contributed by atoms with Crippen LogP contribution in [0.1, 0.15) is 16.7 Å². The Morgan fingerprint density at radius 1 is 0.850 bits per heavy atom. The number of nitrogens with zero attached hydrogens (tertiary/aromatic N) is 1. The van der Waals surface area contributed by atoms with Crippen LogP contribution in [-0.4, -0.2) is 34.4 Å². The van der Waals surface area contributed by atoms with Crippen LogP contribution in [0, 0.1) is 0 Å². The zero-order valence-corrected chi connectivity index (χ0v) is 22.8. The molecule has 1 fully saturated rings. The minimum absolute atomic E-state index is 0.208. The largest absolute Gasteiger partial charge is 0.489 e. The number of benzene rings is 4. The van der Waals surface area contributed by atoms with E-state index in [1.807, 2.05) is 97.1 Å². The summed E-state index contributed by atoms with van der Waals surface area (Å²) in [4.78, 5) is 37.7. The van der Waals surface area contributed by atoms with Gasteiger partial charge in [-0.3, -0.25) is 14.9 Å². The lowest BCUT2D eigenvalue weighted by atomic mass is 10.00. The van der Waals surface area contributed by atoms with Gasteiger partial charge in [-0.2, -0.15) is 0 Å². The summed E-state index contributed by atoms with van der Waals surface area (Å²) >= 11 is 1.04. The van der Waals surface area contributed by atoms with Crippen molar-refractivity contribution in [1.82, 2.24) is 10.2 Å². The molecular formula is C32H29N3O4S. The maximum atomic E-state index is 12.8. The third kappa shape index (κ3) is 7.09. The number of carbonyl (C=O) groups excluding carboxylic acids is 3. The first-order chi connectivity index (χ1) is 19.4. The molecule has 1 saturated heterocycles. The van der Waals surface area contributed by atoms with Crippen LogP contribution in [0.15, 0.2) is 103 Å². The molecule has 0 radical (unpaired) electrons. The van der Waals surface area contributed by atoms with Gasteiger partial charge >= 0.3 is 6.03 Å². The van der Waals surface area contributed by atoms with Crippen molar-refractivity contribution in [3.05, 3.63) is 120 Å². The Morgan fingerprint density at radius 3 is 2.27 bits per heavy atom. The molecule has 0 spiro atoms. The van der Waals surface area contributed by atoms with E-state index >= 15 is 0 Å². The smallest absolute Gasteiger partial charge is 0.321 e. The van der Waals surface area contributed by atoms with Gasteiger partial charge in [0.25, 0.3) is 5.24 Å². The summed E-state index contributed by atoms with van der Waals surface area (Å²) in [5.74, 6) is 0.503. The molecule has 0 saturated carbocycles. The van der Waals surface area contributed by atoms with Crippen LogP contribution >= 0.6 is 11.8 Å². The summed E-state index contributed by atoms with van der Waals surface area (Å²) in [7, 11) is 1.76. The molecule has 1 atom stereocenters. The van der Waals surface area contributed by atoms with E-state index in [2.05, 4.69) is 16.7 Å². The second-order valence-electron chi connectivity index (χ2n) is 9.57. The van der Waals surface area contributed by atoms with Crippen molar-refractivity contribution in [2.45, 2.75) is 24.8 Å². The topological polar surface area (TPSA) is 87.7 Å². The maximum absolute atomic E-state index is 12.8. The second-order valence-corrected chi connectivity index (χ2v) is 10.7. The molecule has 4 aromatic rings. The standard InChI is InChI=1S/C32H29N3O4S/c1-35(31(37)33-27-14-16-28(17-15-27)39-21-23-6-3-2-4-7-23)20-24-8-5-9-26(18-24)25-12-10-22(11-13-25)19-29-30(36)34-32(38)40-29/h2-18,29H,19-21H2,1H3,(H,33,37)(H,34,36,38). The Balaban J connectivity index is 1.14. The molecule has 1 heterocycles.